The standard InChI is InChI=1S/C13H15NO2/c1-3-9(2)8-14-12(15)10-6-4-5-7-11(10)13(14)16/h4-7,9H,3,8H2,1-2H3/t9-/m1/s1. The lowest BCUT2D eigenvalue weighted by Gasteiger charge is -2.17. The Morgan fingerprint density at radius 2 is 1.62 bits per heavy atom. The summed E-state index contributed by atoms with van der Waals surface area (Å²) in [5.41, 5.74) is 1.08. The second-order valence-electron chi connectivity index (χ2n) is 4.28. The molecule has 0 N–H and O–H groups in total. The maximum Gasteiger partial charge on any atom is 0.261 e. The average molecular weight is 217 g/mol. The Hall–Kier alpha value is -1.64. The van der Waals surface area contributed by atoms with E-state index in [1.165, 1.54) is 4.90 Å². The van der Waals surface area contributed by atoms with E-state index >= 15 is 0 Å². The number of hydrogen-bond donors (Lipinski definition) is 0. The molecule has 1 heterocycles. The highest BCUT2D eigenvalue weighted by Crippen LogP contribution is 2.23. The molecule has 1 atom stereocenters. The lowest BCUT2D eigenvalue weighted by Crippen LogP contribution is -2.33. The summed E-state index contributed by atoms with van der Waals surface area (Å²) in [6.07, 6.45) is 0.966. The summed E-state index contributed by atoms with van der Waals surface area (Å²) in [6, 6.07) is 7.01. The fourth-order valence-electron chi connectivity index (χ4n) is 1.85. The van der Waals surface area contributed by atoms with E-state index in [1.54, 1.807) is 24.3 Å². The lowest BCUT2D eigenvalue weighted by molar-refractivity contribution is 0.0631. The minimum absolute atomic E-state index is 0.152. The maximum absolute atomic E-state index is 12.0. The van der Waals surface area contributed by atoms with Crippen LogP contribution in [0.2, 0.25) is 0 Å². The van der Waals surface area contributed by atoms with Crippen molar-refractivity contribution < 1.29 is 9.59 Å². The Morgan fingerprint density at radius 1 is 1.12 bits per heavy atom. The minimum atomic E-state index is -0.152. The molecule has 0 saturated heterocycles. The minimum Gasteiger partial charge on any atom is -0.274 e. The van der Waals surface area contributed by atoms with Crippen LogP contribution < -0.4 is 0 Å². The molecule has 2 rings (SSSR count). The summed E-state index contributed by atoms with van der Waals surface area (Å²) in [4.78, 5) is 25.3. The third-order valence-electron chi connectivity index (χ3n) is 3.07. The molecule has 0 unspecified atom stereocenters. The smallest absolute Gasteiger partial charge is 0.261 e. The SMILES string of the molecule is CC[C@@H](C)CN1C(=O)c2ccccc2C1=O. The predicted molar refractivity (Wildman–Crippen MR) is 61.3 cm³/mol. The molecule has 0 bridgehead atoms. The zero-order chi connectivity index (χ0) is 11.7. The predicted octanol–water partition coefficient (Wildman–Crippen LogP) is 2.33. The van der Waals surface area contributed by atoms with Crippen molar-refractivity contribution in [2.24, 2.45) is 5.92 Å². The van der Waals surface area contributed by atoms with Gasteiger partial charge in [0.05, 0.1) is 11.1 Å². The van der Waals surface area contributed by atoms with Crippen LogP contribution in [0.5, 0.6) is 0 Å². The second kappa shape index (κ2) is 4.08. The monoisotopic (exact) mass is 217 g/mol. The Kier molecular flexibility index (Phi) is 2.77. The first-order valence-corrected chi connectivity index (χ1v) is 5.60. The fourth-order valence-corrected chi connectivity index (χ4v) is 1.85. The molecule has 16 heavy (non-hydrogen) atoms. The van der Waals surface area contributed by atoms with Crippen LogP contribution in [0.25, 0.3) is 0 Å². The normalized spacial score (nSPS) is 16.5. The molecule has 0 fully saturated rings. The fraction of sp³-hybridized carbons (Fsp3) is 0.385. The number of fused-ring (bicyclic) bond motifs is 1. The van der Waals surface area contributed by atoms with Crippen LogP contribution in [-0.4, -0.2) is 23.3 Å². The van der Waals surface area contributed by atoms with Crippen LogP contribution in [0.4, 0.5) is 0 Å². The number of carbonyl (C=O) groups excluding carboxylic acids is 2. The van der Waals surface area contributed by atoms with Crippen LogP contribution in [0, 0.1) is 5.92 Å². The zero-order valence-corrected chi connectivity index (χ0v) is 9.56. The number of nitrogens with zero attached hydrogens (tertiary/aromatic N) is 1. The molecule has 0 radical (unpaired) electrons. The van der Waals surface area contributed by atoms with Crippen molar-refractivity contribution in [3.05, 3.63) is 35.4 Å². The third kappa shape index (κ3) is 1.62. The maximum atomic E-state index is 12.0. The molecule has 84 valence electrons. The molecule has 0 saturated carbocycles. The van der Waals surface area contributed by atoms with Gasteiger partial charge in [-0.25, -0.2) is 0 Å². The highest BCUT2D eigenvalue weighted by atomic mass is 16.2. The molecule has 1 aliphatic heterocycles. The molecular weight excluding hydrogens is 202 g/mol. The van der Waals surface area contributed by atoms with Crippen LogP contribution in [0.1, 0.15) is 41.0 Å². The quantitative estimate of drug-likeness (QED) is 0.729. The largest absolute Gasteiger partial charge is 0.274 e. The molecular formula is C13H15NO2. The first-order chi connectivity index (χ1) is 7.65. The van der Waals surface area contributed by atoms with Gasteiger partial charge in [0.25, 0.3) is 11.8 Å². The Labute approximate surface area is 95.1 Å². The zero-order valence-electron chi connectivity index (χ0n) is 9.56. The molecule has 1 aliphatic rings. The van der Waals surface area contributed by atoms with Gasteiger partial charge in [-0.1, -0.05) is 32.4 Å². The Bertz CT molecular complexity index is 404. The molecule has 1 aromatic carbocycles. The Balaban J connectivity index is 2.28. The first kappa shape index (κ1) is 10.9. The van der Waals surface area contributed by atoms with Gasteiger partial charge in [0, 0.05) is 6.54 Å². The van der Waals surface area contributed by atoms with Gasteiger partial charge in [-0.15, -0.1) is 0 Å². The van der Waals surface area contributed by atoms with Crippen molar-refractivity contribution in [2.45, 2.75) is 20.3 Å². The summed E-state index contributed by atoms with van der Waals surface area (Å²) >= 11 is 0. The van der Waals surface area contributed by atoms with Crippen molar-refractivity contribution >= 4 is 11.8 Å². The number of carbonyl (C=O) groups is 2. The van der Waals surface area contributed by atoms with Crippen molar-refractivity contribution in [1.82, 2.24) is 4.90 Å². The van der Waals surface area contributed by atoms with Gasteiger partial charge in [-0.3, -0.25) is 14.5 Å². The second-order valence-corrected chi connectivity index (χ2v) is 4.28. The van der Waals surface area contributed by atoms with E-state index in [4.69, 9.17) is 0 Å². The average Bonchev–Trinajstić information content (AvgIpc) is 2.55. The van der Waals surface area contributed by atoms with Crippen LogP contribution in [0.3, 0.4) is 0 Å². The van der Waals surface area contributed by atoms with E-state index in [9.17, 15) is 9.59 Å². The van der Waals surface area contributed by atoms with Gasteiger partial charge in [0.15, 0.2) is 0 Å². The van der Waals surface area contributed by atoms with E-state index in [2.05, 4.69) is 6.92 Å². The summed E-state index contributed by atoms with van der Waals surface area (Å²) in [5, 5.41) is 0. The van der Waals surface area contributed by atoms with Crippen molar-refractivity contribution in [1.29, 1.82) is 0 Å². The van der Waals surface area contributed by atoms with Crippen molar-refractivity contribution in [3.8, 4) is 0 Å². The van der Waals surface area contributed by atoms with Gasteiger partial charge in [-0.05, 0) is 18.1 Å². The summed E-state index contributed by atoms with van der Waals surface area (Å²) in [6.45, 7) is 4.62. The van der Waals surface area contributed by atoms with E-state index < -0.39 is 0 Å². The van der Waals surface area contributed by atoms with Gasteiger partial charge in [0.1, 0.15) is 0 Å². The molecule has 1 aromatic rings. The lowest BCUT2D eigenvalue weighted by atomic mass is 10.1. The summed E-state index contributed by atoms with van der Waals surface area (Å²) in [5.74, 6) is 0.0454. The summed E-state index contributed by atoms with van der Waals surface area (Å²) < 4.78 is 0. The Morgan fingerprint density at radius 3 is 2.06 bits per heavy atom. The van der Waals surface area contributed by atoms with Crippen LogP contribution in [-0.2, 0) is 0 Å². The molecule has 3 heteroatoms. The van der Waals surface area contributed by atoms with E-state index in [-0.39, 0.29) is 11.8 Å². The third-order valence-corrected chi connectivity index (χ3v) is 3.07. The topological polar surface area (TPSA) is 37.4 Å². The molecule has 0 spiro atoms. The van der Waals surface area contributed by atoms with Crippen LogP contribution >= 0.6 is 0 Å². The number of rotatable bonds is 3. The number of amides is 2. The molecule has 0 aliphatic carbocycles. The number of hydrogen-bond acceptors (Lipinski definition) is 2. The van der Waals surface area contributed by atoms with Gasteiger partial charge in [0.2, 0.25) is 0 Å². The van der Waals surface area contributed by atoms with E-state index in [0.717, 1.165) is 6.42 Å². The van der Waals surface area contributed by atoms with Crippen molar-refractivity contribution in [2.75, 3.05) is 6.54 Å². The summed E-state index contributed by atoms with van der Waals surface area (Å²) in [7, 11) is 0. The molecule has 3 nitrogen and oxygen atoms in total. The van der Waals surface area contributed by atoms with E-state index in [1.807, 2.05) is 6.92 Å². The first-order valence-electron chi connectivity index (χ1n) is 5.60. The van der Waals surface area contributed by atoms with Gasteiger partial charge in [-0.2, -0.15) is 0 Å². The molecule has 2 amide bonds. The van der Waals surface area contributed by atoms with E-state index in [0.29, 0.717) is 23.6 Å². The number of benzene rings is 1. The van der Waals surface area contributed by atoms with Crippen molar-refractivity contribution in [3.63, 3.8) is 0 Å². The molecule has 0 aromatic heterocycles. The number of imide groups is 1. The highest BCUT2D eigenvalue weighted by molar-refractivity contribution is 6.21. The van der Waals surface area contributed by atoms with Gasteiger partial charge >= 0.3 is 0 Å². The van der Waals surface area contributed by atoms with Crippen LogP contribution in [0.15, 0.2) is 24.3 Å². The highest BCUT2D eigenvalue weighted by Gasteiger charge is 2.35. The van der Waals surface area contributed by atoms with Gasteiger partial charge < -0.3 is 0 Å².